The lowest BCUT2D eigenvalue weighted by atomic mass is 9.86. The molecule has 0 bridgehead atoms. The molecule has 142 valence electrons. The SMILES string of the molecule is CC(NS(=O)(=O)c1ccc(C(C)(C)C)cc1)c1ccc(C(C)(C)C)cc1. The van der Waals surface area contributed by atoms with Crippen LogP contribution in [0.1, 0.15) is 71.2 Å². The summed E-state index contributed by atoms with van der Waals surface area (Å²) >= 11 is 0. The van der Waals surface area contributed by atoms with Crippen molar-refractivity contribution in [3.63, 3.8) is 0 Å². The number of hydrogen-bond donors (Lipinski definition) is 1. The lowest BCUT2D eigenvalue weighted by Gasteiger charge is -2.21. The van der Waals surface area contributed by atoms with Gasteiger partial charge in [0.15, 0.2) is 0 Å². The van der Waals surface area contributed by atoms with Crippen molar-refractivity contribution in [3.05, 3.63) is 65.2 Å². The van der Waals surface area contributed by atoms with Crippen LogP contribution in [0.25, 0.3) is 0 Å². The van der Waals surface area contributed by atoms with Crippen molar-refractivity contribution in [2.45, 2.75) is 70.2 Å². The fourth-order valence-corrected chi connectivity index (χ4v) is 4.01. The number of benzene rings is 2. The molecule has 0 radical (unpaired) electrons. The summed E-state index contributed by atoms with van der Waals surface area (Å²) in [7, 11) is -3.56. The van der Waals surface area contributed by atoms with Gasteiger partial charge in [-0.05, 0) is 46.6 Å². The highest BCUT2D eigenvalue weighted by Gasteiger charge is 2.21. The molecule has 0 saturated heterocycles. The Morgan fingerprint density at radius 3 is 1.50 bits per heavy atom. The Morgan fingerprint density at radius 1 is 0.731 bits per heavy atom. The van der Waals surface area contributed by atoms with E-state index >= 15 is 0 Å². The predicted octanol–water partition coefficient (Wildman–Crippen LogP) is 5.32. The van der Waals surface area contributed by atoms with Crippen LogP contribution in [0.4, 0.5) is 0 Å². The monoisotopic (exact) mass is 373 g/mol. The fraction of sp³-hybridized carbons (Fsp3) is 0.455. The van der Waals surface area contributed by atoms with Crippen molar-refractivity contribution >= 4 is 10.0 Å². The zero-order valence-corrected chi connectivity index (χ0v) is 17.7. The molecule has 0 aliphatic heterocycles. The van der Waals surface area contributed by atoms with E-state index in [9.17, 15) is 8.42 Å². The Kier molecular flexibility index (Phi) is 5.69. The van der Waals surface area contributed by atoms with Crippen LogP contribution in [0, 0.1) is 0 Å². The third-order valence-electron chi connectivity index (χ3n) is 4.64. The molecule has 2 aromatic carbocycles. The van der Waals surface area contributed by atoms with Gasteiger partial charge in [-0.25, -0.2) is 13.1 Å². The molecule has 0 heterocycles. The number of hydrogen-bond acceptors (Lipinski definition) is 2. The van der Waals surface area contributed by atoms with Gasteiger partial charge in [-0.15, -0.1) is 0 Å². The maximum Gasteiger partial charge on any atom is 0.241 e. The Hall–Kier alpha value is -1.65. The van der Waals surface area contributed by atoms with Crippen molar-refractivity contribution in [2.75, 3.05) is 0 Å². The molecule has 2 rings (SSSR count). The van der Waals surface area contributed by atoms with Gasteiger partial charge in [0.05, 0.1) is 4.90 Å². The van der Waals surface area contributed by atoms with Crippen LogP contribution in [-0.4, -0.2) is 8.42 Å². The van der Waals surface area contributed by atoms with Gasteiger partial charge in [-0.3, -0.25) is 0 Å². The smallest absolute Gasteiger partial charge is 0.207 e. The molecule has 0 aliphatic rings. The van der Waals surface area contributed by atoms with Crippen LogP contribution in [0.3, 0.4) is 0 Å². The van der Waals surface area contributed by atoms with E-state index in [4.69, 9.17) is 0 Å². The lowest BCUT2D eigenvalue weighted by Crippen LogP contribution is -2.27. The van der Waals surface area contributed by atoms with Crippen molar-refractivity contribution < 1.29 is 8.42 Å². The van der Waals surface area contributed by atoms with Crippen molar-refractivity contribution in [3.8, 4) is 0 Å². The topological polar surface area (TPSA) is 46.2 Å². The summed E-state index contributed by atoms with van der Waals surface area (Å²) in [6, 6.07) is 15.0. The van der Waals surface area contributed by atoms with E-state index < -0.39 is 10.0 Å². The molecule has 0 saturated carbocycles. The molecule has 1 atom stereocenters. The molecule has 3 nitrogen and oxygen atoms in total. The number of sulfonamides is 1. The second-order valence-electron chi connectivity index (χ2n) is 8.99. The first-order valence-corrected chi connectivity index (χ1v) is 10.5. The van der Waals surface area contributed by atoms with E-state index in [1.165, 1.54) is 5.56 Å². The highest BCUT2D eigenvalue weighted by Crippen LogP contribution is 2.26. The highest BCUT2D eigenvalue weighted by atomic mass is 32.2. The summed E-state index contributed by atoms with van der Waals surface area (Å²) in [6.45, 7) is 14.7. The molecule has 0 aliphatic carbocycles. The summed E-state index contributed by atoms with van der Waals surface area (Å²) in [5.41, 5.74) is 3.37. The van der Waals surface area contributed by atoms with Gasteiger partial charge in [-0.2, -0.15) is 0 Å². The molecule has 0 amide bonds. The lowest BCUT2D eigenvalue weighted by molar-refractivity contribution is 0.564. The number of nitrogens with one attached hydrogen (secondary N) is 1. The number of rotatable bonds is 4. The van der Waals surface area contributed by atoms with Gasteiger partial charge in [0.1, 0.15) is 0 Å². The predicted molar refractivity (Wildman–Crippen MR) is 109 cm³/mol. The average Bonchev–Trinajstić information content (AvgIpc) is 2.53. The van der Waals surface area contributed by atoms with Crippen LogP contribution in [0.15, 0.2) is 53.4 Å². The molecule has 1 N–H and O–H groups in total. The molecule has 4 heteroatoms. The minimum Gasteiger partial charge on any atom is -0.207 e. The van der Waals surface area contributed by atoms with Crippen molar-refractivity contribution in [1.82, 2.24) is 4.72 Å². The van der Waals surface area contributed by atoms with E-state index in [0.29, 0.717) is 4.90 Å². The van der Waals surface area contributed by atoms with Crippen molar-refractivity contribution in [2.24, 2.45) is 0 Å². The van der Waals surface area contributed by atoms with Crippen LogP contribution < -0.4 is 4.72 Å². The maximum atomic E-state index is 12.7. The maximum absolute atomic E-state index is 12.7. The van der Waals surface area contributed by atoms with Gasteiger partial charge < -0.3 is 0 Å². The highest BCUT2D eigenvalue weighted by molar-refractivity contribution is 7.89. The van der Waals surface area contributed by atoms with E-state index in [1.807, 2.05) is 31.2 Å². The zero-order chi connectivity index (χ0) is 19.8. The first-order chi connectivity index (χ1) is 11.8. The van der Waals surface area contributed by atoms with Gasteiger partial charge in [-0.1, -0.05) is 77.9 Å². The molecular weight excluding hydrogens is 342 g/mol. The third-order valence-corrected chi connectivity index (χ3v) is 6.20. The molecular formula is C22H31NO2S. The van der Waals surface area contributed by atoms with Gasteiger partial charge in [0, 0.05) is 6.04 Å². The minimum absolute atomic E-state index is 0.00217. The van der Waals surface area contributed by atoms with Gasteiger partial charge in [0.25, 0.3) is 0 Å². The Morgan fingerprint density at radius 2 is 1.12 bits per heavy atom. The Labute approximate surface area is 158 Å². The average molecular weight is 374 g/mol. The summed E-state index contributed by atoms with van der Waals surface area (Å²) < 4.78 is 28.2. The van der Waals surface area contributed by atoms with Crippen LogP contribution in [0.2, 0.25) is 0 Å². The van der Waals surface area contributed by atoms with E-state index in [0.717, 1.165) is 11.1 Å². The standard InChI is InChI=1S/C22H31NO2S/c1-16(17-8-10-18(11-9-17)21(2,3)4)23-26(24,25)20-14-12-19(13-15-20)22(5,6)7/h8-16,23H,1-7H3. The third kappa shape index (κ3) is 4.95. The minimum atomic E-state index is -3.56. The molecule has 0 aromatic heterocycles. The van der Waals surface area contributed by atoms with Gasteiger partial charge in [0.2, 0.25) is 10.0 Å². The molecule has 1 unspecified atom stereocenters. The zero-order valence-electron chi connectivity index (χ0n) is 16.9. The quantitative estimate of drug-likeness (QED) is 0.788. The first-order valence-electron chi connectivity index (χ1n) is 9.04. The second kappa shape index (κ2) is 7.16. The van der Waals surface area contributed by atoms with E-state index in [2.05, 4.69) is 58.4 Å². The summed E-state index contributed by atoms with van der Waals surface area (Å²) in [5.74, 6) is 0. The molecule has 26 heavy (non-hydrogen) atoms. The first kappa shape index (κ1) is 20.7. The van der Waals surface area contributed by atoms with Crippen LogP contribution in [-0.2, 0) is 20.9 Å². The Bertz CT molecular complexity index is 837. The Balaban J connectivity index is 2.18. The summed E-state index contributed by atoms with van der Waals surface area (Å²) in [4.78, 5) is 0.295. The van der Waals surface area contributed by atoms with Crippen LogP contribution in [0.5, 0.6) is 0 Å². The van der Waals surface area contributed by atoms with E-state index in [-0.39, 0.29) is 16.9 Å². The molecule has 0 spiro atoms. The van der Waals surface area contributed by atoms with E-state index in [1.54, 1.807) is 12.1 Å². The summed E-state index contributed by atoms with van der Waals surface area (Å²) in [6.07, 6.45) is 0. The molecule has 2 aromatic rings. The largest absolute Gasteiger partial charge is 0.241 e. The van der Waals surface area contributed by atoms with Crippen molar-refractivity contribution in [1.29, 1.82) is 0 Å². The van der Waals surface area contributed by atoms with Crippen LogP contribution >= 0.6 is 0 Å². The normalized spacial score (nSPS) is 14.3. The van der Waals surface area contributed by atoms with Gasteiger partial charge >= 0.3 is 0 Å². The fourth-order valence-electron chi connectivity index (χ4n) is 2.77. The molecule has 0 fully saturated rings. The second-order valence-corrected chi connectivity index (χ2v) is 10.7. The summed E-state index contributed by atoms with van der Waals surface area (Å²) in [5, 5.41) is 0.